The average Bonchev–Trinajstić information content (AvgIpc) is 2.23. The zero-order chi connectivity index (χ0) is 11.5. The van der Waals surface area contributed by atoms with E-state index in [1.165, 1.54) is 0 Å². The quantitative estimate of drug-likeness (QED) is 0.702. The zero-order valence-corrected chi connectivity index (χ0v) is 10.5. The van der Waals surface area contributed by atoms with Crippen molar-refractivity contribution in [3.05, 3.63) is 0 Å². The van der Waals surface area contributed by atoms with Crippen LogP contribution in [-0.2, 0) is 4.74 Å². The summed E-state index contributed by atoms with van der Waals surface area (Å²) in [4.78, 5) is 9.31. The molecular weight excluding hydrogens is 188 g/mol. The van der Waals surface area contributed by atoms with Gasteiger partial charge in [-0.3, -0.25) is 9.98 Å². The summed E-state index contributed by atoms with van der Waals surface area (Å²) in [5.41, 5.74) is 0.256. The van der Waals surface area contributed by atoms with E-state index in [1.54, 1.807) is 7.11 Å². The molecule has 3 nitrogen and oxygen atoms in total. The van der Waals surface area contributed by atoms with Gasteiger partial charge in [-0.25, -0.2) is 0 Å². The van der Waals surface area contributed by atoms with Crippen LogP contribution in [0.1, 0.15) is 47.0 Å². The molecule has 0 aromatic carbocycles. The molecule has 0 radical (unpaired) electrons. The van der Waals surface area contributed by atoms with Crippen molar-refractivity contribution < 1.29 is 4.74 Å². The largest absolute Gasteiger partial charge is 0.355 e. The van der Waals surface area contributed by atoms with Crippen molar-refractivity contribution in [3.8, 4) is 0 Å². The van der Waals surface area contributed by atoms with E-state index in [-0.39, 0.29) is 5.54 Å². The van der Waals surface area contributed by atoms with Gasteiger partial charge in [0, 0.05) is 13.3 Å². The molecule has 0 aromatic heterocycles. The minimum atomic E-state index is -0.503. The third-order valence-electron chi connectivity index (χ3n) is 3.40. The smallest absolute Gasteiger partial charge is 0.180 e. The molecule has 15 heavy (non-hydrogen) atoms. The molecule has 1 rings (SSSR count). The SMILES string of the molecule is CCCC1(CC)N=CC(C)=NC1(C)OC. The lowest BCUT2D eigenvalue weighted by Crippen LogP contribution is -2.53. The molecule has 2 atom stereocenters. The van der Waals surface area contributed by atoms with Gasteiger partial charge in [-0.2, -0.15) is 0 Å². The lowest BCUT2D eigenvalue weighted by atomic mass is 9.80. The number of aliphatic imine (C=N–C) groups is 2. The second-order valence-corrected chi connectivity index (χ2v) is 4.33. The summed E-state index contributed by atoms with van der Waals surface area (Å²) in [6.45, 7) is 8.33. The Labute approximate surface area is 92.7 Å². The van der Waals surface area contributed by atoms with Crippen LogP contribution in [0.4, 0.5) is 0 Å². The van der Waals surface area contributed by atoms with Crippen molar-refractivity contribution in [1.82, 2.24) is 0 Å². The van der Waals surface area contributed by atoms with E-state index < -0.39 is 5.72 Å². The fourth-order valence-electron chi connectivity index (χ4n) is 2.35. The van der Waals surface area contributed by atoms with E-state index >= 15 is 0 Å². The van der Waals surface area contributed by atoms with Crippen LogP contribution in [0.5, 0.6) is 0 Å². The number of methoxy groups -OCH3 is 1. The lowest BCUT2D eigenvalue weighted by molar-refractivity contribution is -0.0559. The summed E-state index contributed by atoms with van der Waals surface area (Å²) in [5.74, 6) is 0. The van der Waals surface area contributed by atoms with Gasteiger partial charge in [-0.1, -0.05) is 20.3 Å². The van der Waals surface area contributed by atoms with Gasteiger partial charge in [0.2, 0.25) is 0 Å². The predicted molar refractivity (Wildman–Crippen MR) is 64.9 cm³/mol. The summed E-state index contributed by atoms with van der Waals surface area (Å²) in [6, 6.07) is 0. The molecule has 3 heteroatoms. The topological polar surface area (TPSA) is 34.0 Å². The molecule has 2 unspecified atom stereocenters. The normalized spacial score (nSPS) is 35.4. The summed E-state index contributed by atoms with van der Waals surface area (Å²) >= 11 is 0. The second-order valence-electron chi connectivity index (χ2n) is 4.33. The van der Waals surface area contributed by atoms with Crippen molar-refractivity contribution in [1.29, 1.82) is 0 Å². The van der Waals surface area contributed by atoms with Gasteiger partial charge in [0.05, 0.1) is 5.71 Å². The van der Waals surface area contributed by atoms with Crippen molar-refractivity contribution in [2.24, 2.45) is 9.98 Å². The maximum atomic E-state index is 5.61. The van der Waals surface area contributed by atoms with Crippen molar-refractivity contribution in [3.63, 3.8) is 0 Å². The Hall–Kier alpha value is -0.700. The number of hydrogen-bond donors (Lipinski definition) is 0. The van der Waals surface area contributed by atoms with Gasteiger partial charge in [0.15, 0.2) is 5.72 Å². The first-order valence-electron chi connectivity index (χ1n) is 5.70. The van der Waals surface area contributed by atoms with Crippen LogP contribution in [0.3, 0.4) is 0 Å². The van der Waals surface area contributed by atoms with Crippen molar-refractivity contribution >= 4 is 11.9 Å². The van der Waals surface area contributed by atoms with E-state index in [2.05, 4.69) is 18.8 Å². The van der Waals surface area contributed by atoms with E-state index in [4.69, 9.17) is 9.73 Å². The van der Waals surface area contributed by atoms with Crippen molar-refractivity contribution in [2.75, 3.05) is 7.11 Å². The molecule has 0 amide bonds. The molecule has 0 saturated carbocycles. The maximum absolute atomic E-state index is 5.61. The van der Waals surface area contributed by atoms with Crippen molar-refractivity contribution in [2.45, 2.75) is 58.2 Å². The van der Waals surface area contributed by atoms with E-state index in [0.717, 1.165) is 25.0 Å². The highest BCUT2D eigenvalue weighted by atomic mass is 16.5. The molecule has 0 fully saturated rings. The number of nitrogens with zero attached hydrogens (tertiary/aromatic N) is 2. The van der Waals surface area contributed by atoms with Crippen LogP contribution in [0.25, 0.3) is 0 Å². The molecule has 0 saturated heterocycles. The highest BCUT2D eigenvalue weighted by Crippen LogP contribution is 2.39. The number of hydrogen-bond acceptors (Lipinski definition) is 3. The molecule has 1 aliphatic rings. The average molecular weight is 210 g/mol. The zero-order valence-electron chi connectivity index (χ0n) is 10.5. The maximum Gasteiger partial charge on any atom is 0.180 e. The lowest BCUT2D eigenvalue weighted by Gasteiger charge is -2.44. The summed E-state index contributed by atoms with van der Waals surface area (Å²) in [5, 5.41) is 0. The van der Waals surface area contributed by atoms with Gasteiger partial charge in [0.25, 0.3) is 0 Å². The third kappa shape index (κ3) is 1.98. The van der Waals surface area contributed by atoms with E-state index in [9.17, 15) is 0 Å². The van der Waals surface area contributed by atoms with Crippen LogP contribution in [0.15, 0.2) is 9.98 Å². The molecule has 0 spiro atoms. The van der Waals surface area contributed by atoms with Gasteiger partial charge >= 0.3 is 0 Å². The summed E-state index contributed by atoms with van der Waals surface area (Å²) < 4.78 is 5.61. The van der Waals surface area contributed by atoms with Gasteiger partial charge < -0.3 is 4.74 Å². The molecule has 0 bridgehead atoms. The first kappa shape index (κ1) is 12.4. The molecule has 86 valence electrons. The van der Waals surface area contributed by atoms with E-state index in [0.29, 0.717) is 0 Å². The van der Waals surface area contributed by atoms with Gasteiger partial charge in [-0.05, 0) is 26.7 Å². The Bertz CT molecular complexity index is 285. The standard InChI is InChI=1S/C12H22N2O/c1-6-8-12(7-2)11(4,15-5)14-10(3)9-13-12/h9H,6-8H2,1-5H3. The molecular formula is C12H22N2O. The van der Waals surface area contributed by atoms with Gasteiger partial charge in [-0.15, -0.1) is 0 Å². The Balaban J connectivity index is 3.11. The Morgan fingerprint density at radius 2 is 2.07 bits per heavy atom. The molecule has 0 aromatic rings. The van der Waals surface area contributed by atoms with Crippen LogP contribution >= 0.6 is 0 Å². The number of ether oxygens (including phenoxy) is 1. The van der Waals surface area contributed by atoms with Crippen LogP contribution in [0, 0.1) is 0 Å². The second kappa shape index (κ2) is 4.44. The number of rotatable bonds is 4. The fraction of sp³-hybridized carbons (Fsp3) is 0.833. The Morgan fingerprint density at radius 3 is 2.53 bits per heavy atom. The Morgan fingerprint density at radius 1 is 1.40 bits per heavy atom. The van der Waals surface area contributed by atoms with Crippen LogP contribution in [0.2, 0.25) is 0 Å². The first-order valence-corrected chi connectivity index (χ1v) is 5.70. The van der Waals surface area contributed by atoms with Crippen LogP contribution < -0.4 is 0 Å². The van der Waals surface area contributed by atoms with E-state index in [1.807, 2.05) is 20.1 Å². The predicted octanol–water partition coefficient (Wildman–Crippen LogP) is 2.84. The van der Waals surface area contributed by atoms with Crippen LogP contribution in [-0.4, -0.2) is 30.3 Å². The molecule has 1 heterocycles. The molecule has 0 aliphatic carbocycles. The monoisotopic (exact) mass is 210 g/mol. The third-order valence-corrected chi connectivity index (χ3v) is 3.40. The minimum absolute atomic E-state index is 0.185. The Kier molecular flexibility index (Phi) is 3.66. The van der Waals surface area contributed by atoms with Gasteiger partial charge in [0.1, 0.15) is 5.54 Å². The molecule has 1 aliphatic heterocycles. The molecule has 0 N–H and O–H groups in total. The summed E-state index contributed by atoms with van der Waals surface area (Å²) in [7, 11) is 1.72. The highest BCUT2D eigenvalue weighted by Gasteiger charge is 2.48. The fourth-order valence-corrected chi connectivity index (χ4v) is 2.35. The first-order chi connectivity index (χ1) is 7.03. The minimum Gasteiger partial charge on any atom is -0.355 e. The highest BCUT2D eigenvalue weighted by molar-refractivity contribution is 6.30. The summed E-state index contributed by atoms with van der Waals surface area (Å²) in [6.07, 6.45) is 4.94.